The Kier molecular flexibility index (Phi) is 5.23. The predicted molar refractivity (Wildman–Crippen MR) is 101 cm³/mol. The molecule has 1 heterocycles. The maximum atomic E-state index is 12.1. The van der Waals surface area contributed by atoms with Gasteiger partial charge in [-0.1, -0.05) is 12.1 Å². The van der Waals surface area contributed by atoms with Crippen LogP contribution in [-0.4, -0.2) is 48.7 Å². The monoisotopic (exact) mass is 371 g/mol. The molecule has 0 unspecified atom stereocenters. The van der Waals surface area contributed by atoms with E-state index >= 15 is 0 Å². The van der Waals surface area contributed by atoms with Gasteiger partial charge in [-0.25, -0.2) is 4.79 Å². The summed E-state index contributed by atoms with van der Waals surface area (Å²) in [6, 6.07) is 10.6. The molecule has 0 fully saturated rings. The van der Waals surface area contributed by atoms with Gasteiger partial charge in [-0.15, -0.1) is 0 Å². The molecule has 0 saturated heterocycles. The van der Waals surface area contributed by atoms with Crippen LogP contribution in [0.3, 0.4) is 0 Å². The van der Waals surface area contributed by atoms with Crippen LogP contribution >= 0.6 is 0 Å². The molecule has 2 N–H and O–H groups in total. The highest BCUT2D eigenvalue weighted by molar-refractivity contribution is 6.09. The van der Waals surface area contributed by atoms with Crippen LogP contribution < -0.4 is 14.2 Å². The van der Waals surface area contributed by atoms with E-state index in [9.17, 15) is 15.0 Å². The largest absolute Gasteiger partial charge is 0.497 e. The van der Waals surface area contributed by atoms with E-state index in [0.29, 0.717) is 33.7 Å². The van der Waals surface area contributed by atoms with Gasteiger partial charge in [0.2, 0.25) is 0 Å². The Hall–Kier alpha value is -3.19. The fraction of sp³-hybridized carbons (Fsp3) is 0.250. The summed E-state index contributed by atoms with van der Waals surface area (Å²) in [6.45, 7) is -0.0514. The summed E-state index contributed by atoms with van der Waals surface area (Å²) >= 11 is 0. The summed E-state index contributed by atoms with van der Waals surface area (Å²) in [4.78, 5) is 12.1. The predicted octanol–water partition coefficient (Wildman–Crippen LogP) is 3.02. The van der Waals surface area contributed by atoms with Crippen LogP contribution in [0.2, 0.25) is 0 Å². The molecule has 7 heteroatoms. The van der Waals surface area contributed by atoms with Gasteiger partial charge in [0.25, 0.3) is 0 Å². The Bertz CT molecular complexity index is 975. The third kappa shape index (κ3) is 3.17. The van der Waals surface area contributed by atoms with Crippen LogP contribution in [0.25, 0.3) is 22.0 Å². The molecule has 0 atom stereocenters. The molecular formula is C20H21NO6. The number of rotatable bonds is 7. The van der Waals surface area contributed by atoms with Crippen LogP contribution in [0.1, 0.15) is 10.5 Å². The summed E-state index contributed by atoms with van der Waals surface area (Å²) in [6.07, 6.45) is 0. The van der Waals surface area contributed by atoms with Crippen molar-refractivity contribution in [1.29, 1.82) is 0 Å². The minimum absolute atomic E-state index is 0.0968. The van der Waals surface area contributed by atoms with Crippen LogP contribution in [0.5, 0.6) is 17.2 Å². The lowest BCUT2D eigenvalue weighted by Crippen LogP contribution is -2.11. The second kappa shape index (κ2) is 7.59. The van der Waals surface area contributed by atoms with Gasteiger partial charge in [0.15, 0.2) is 11.5 Å². The average Bonchev–Trinajstić information content (AvgIpc) is 3.00. The normalized spacial score (nSPS) is 10.8. The number of ether oxygens (including phenoxy) is 3. The van der Waals surface area contributed by atoms with Gasteiger partial charge in [-0.2, -0.15) is 0 Å². The minimum Gasteiger partial charge on any atom is -0.497 e. The summed E-state index contributed by atoms with van der Waals surface area (Å²) in [5.41, 5.74) is 2.01. The number of aliphatic hydroxyl groups is 1. The molecule has 3 rings (SSSR count). The molecule has 0 saturated carbocycles. The van der Waals surface area contributed by atoms with E-state index < -0.39 is 5.97 Å². The molecule has 0 spiro atoms. The van der Waals surface area contributed by atoms with Crippen LogP contribution in [0, 0.1) is 0 Å². The van der Waals surface area contributed by atoms with Gasteiger partial charge in [-0.05, 0) is 23.8 Å². The van der Waals surface area contributed by atoms with Gasteiger partial charge in [0, 0.05) is 23.6 Å². The van der Waals surface area contributed by atoms with Gasteiger partial charge in [0.05, 0.1) is 33.5 Å². The van der Waals surface area contributed by atoms with E-state index in [-0.39, 0.29) is 18.8 Å². The highest BCUT2D eigenvalue weighted by Gasteiger charge is 2.25. The lowest BCUT2D eigenvalue weighted by molar-refractivity contribution is 0.0685. The summed E-state index contributed by atoms with van der Waals surface area (Å²) < 4.78 is 17.5. The molecule has 2 aromatic carbocycles. The first-order valence-corrected chi connectivity index (χ1v) is 8.32. The van der Waals surface area contributed by atoms with Crippen LogP contribution in [-0.2, 0) is 6.54 Å². The zero-order valence-electron chi connectivity index (χ0n) is 15.4. The van der Waals surface area contributed by atoms with Gasteiger partial charge >= 0.3 is 5.97 Å². The van der Waals surface area contributed by atoms with Crippen molar-refractivity contribution in [2.24, 2.45) is 0 Å². The Balaban J connectivity index is 2.41. The first-order chi connectivity index (χ1) is 13.0. The first-order valence-electron chi connectivity index (χ1n) is 8.32. The number of carboxylic acid groups (broad SMARTS) is 1. The number of carboxylic acids is 1. The van der Waals surface area contributed by atoms with Crippen molar-refractivity contribution in [2.75, 3.05) is 27.9 Å². The number of aromatic carboxylic acids is 1. The molecule has 27 heavy (non-hydrogen) atoms. The van der Waals surface area contributed by atoms with E-state index in [1.165, 1.54) is 14.2 Å². The van der Waals surface area contributed by atoms with Gasteiger partial charge in [-0.3, -0.25) is 0 Å². The number of aromatic nitrogens is 1. The summed E-state index contributed by atoms with van der Waals surface area (Å²) in [7, 11) is 4.62. The smallest absolute Gasteiger partial charge is 0.353 e. The molecule has 0 aliphatic carbocycles. The van der Waals surface area contributed by atoms with Crippen molar-refractivity contribution in [3.8, 4) is 28.4 Å². The molecule has 3 aromatic rings. The van der Waals surface area contributed by atoms with Crippen molar-refractivity contribution in [1.82, 2.24) is 4.57 Å². The molecule has 7 nitrogen and oxygen atoms in total. The summed E-state index contributed by atoms with van der Waals surface area (Å²) in [5, 5.41) is 20.1. The number of benzene rings is 2. The maximum Gasteiger partial charge on any atom is 0.353 e. The molecule has 142 valence electrons. The Morgan fingerprint density at radius 1 is 1.00 bits per heavy atom. The molecular weight excluding hydrogens is 350 g/mol. The van der Waals surface area contributed by atoms with E-state index in [2.05, 4.69) is 0 Å². The van der Waals surface area contributed by atoms with Crippen molar-refractivity contribution in [2.45, 2.75) is 6.54 Å². The highest BCUT2D eigenvalue weighted by Crippen LogP contribution is 2.41. The lowest BCUT2D eigenvalue weighted by atomic mass is 10.0. The van der Waals surface area contributed by atoms with Gasteiger partial charge in [0.1, 0.15) is 11.4 Å². The number of hydrogen-bond donors (Lipinski definition) is 2. The second-order valence-electron chi connectivity index (χ2n) is 5.86. The van der Waals surface area contributed by atoms with E-state index in [0.717, 1.165) is 5.56 Å². The Labute approximate surface area is 156 Å². The first kappa shape index (κ1) is 18.6. The van der Waals surface area contributed by atoms with Crippen molar-refractivity contribution >= 4 is 16.9 Å². The SMILES string of the molecule is COc1ccc(-c2c(C(=O)O)n(CCO)c3cc(OC)c(OC)cc23)cc1. The second-order valence-corrected chi connectivity index (χ2v) is 5.86. The van der Waals surface area contributed by atoms with Gasteiger partial charge < -0.3 is 29.0 Å². The van der Waals surface area contributed by atoms with Crippen molar-refractivity contribution in [3.05, 3.63) is 42.1 Å². The Morgan fingerprint density at radius 2 is 1.63 bits per heavy atom. The van der Waals surface area contributed by atoms with E-state index in [1.54, 1.807) is 48.1 Å². The highest BCUT2D eigenvalue weighted by atomic mass is 16.5. The third-order valence-electron chi connectivity index (χ3n) is 4.47. The lowest BCUT2D eigenvalue weighted by Gasteiger charge is -2.10. The number of fused-ring (bicyclic) bond motifs is 1. The maximum absolute atomic E-state index is 12.1. The third-order valence-corrected chi connectivity index (χ3v) is 4.47. The number of methoxy groups -OCH3 is 3. The van der Waals surface area contributed by atoms with E-state index in [4.69, 9.17) is 14.2 Å². The zero-order valence-corrected chi connectivity index (χ0v) is 15.4. The molecule has 1 aromatic heterocycles. The fourth-order valence-electron chi connectivity index (χ4n) is 3.28. The van der Waals surface area contributed by atoms with Crippen LogP contribution in [0.4, 0.5) is 0 Å². The fourth-order valence-corrected chi connectivity index (χ4v) is 3.28. The number of carbonyl (C=O) groups is 1. The molecule has 0 aliphatic heterocycles. The van der Waals surface area contributed by atoms with Crippen molar-refractivity contribution in [3.63, 3.8) is 0 Å². The zero-order chi connectivity index (χ0) is 19.6. The van der Waals surface area contributed by atoms with Crippen LogP contribution in [0.15, 0.2) is 36.4 Å². The standard InChI is InChI=1S/C20H21NO6/c1-25-13-6-4-12(5-7-13)18-14-10-16(26-2)17(27-3)11-15(14)21(8-9-22)19(18)20(23)24/h4-7,10-11,22H,8-9H2,1-3H3,(H,23,24). The molecule has 0 radical (unpaired) electrons. The number of nitrogens with zero attached hydrogens (tertiary/aromatic N) is 1. The minimum atomic E-state index is -1.08. The molecule has 0 aliphatic rings. The number of aliphatic hydroxyl groups excluding tert-OH is 1. The quantitative estimate of drug-likeness (QED) is 0.664. The molecule has 0 amide bonds. The van der Waals surface area contributed by atoms with E-state index in [1.807, 2.05) is 0 Å². The topological polar surface area (TPSA) is 90.2 Å². The number of hydrogen-bond acceptors (Lipinski definition) is 5. The molecule has 0 bridgehead atoms. The van der Waals surface area contributed by atoms with Crippen molar-refractivity contribution < 1.29 is 29.2 Å². The summed E-state index contributed by atoms with van der Waals surface area (Å²) in [5.74, 6) is 0.579. The average molecular weight is 371 g/mol. The Morgan fingerprint density at radius 3 is 2.15 bits per heavy atom.